The molecule has 0 amide bonds. The quantitative estimate of drug-likeness (QED) is 0.277. The van der Waals surface area contributed by atoms with Gasteiger partial charge in [0.05, 0.1) is 5.39 Å². The zero-order chi connectivity index (χ0) is 20.7. The smallest absolute Gasteiger partial charge is 0.336 e. The van der Waals surface area contributed by atoms with E-state index in [1.807, 2.05) is 67.6 Å². The van der Waals surface area contributed by atoms with Crippen molar-refractivity contribution in [3.63, 3.8) is 0 Å². The van der Waals surface area contributed by atoms with E-state index in [-0.39, 0.29) is 11.5 Å². The summed E-state index contributed by atoms with van der Waals surface area (Å²) in [6.45, 7) is 2.00. The number of fused-ring (bicyclic) bond motifs is 3. The number of hydrogen-bond donors (Lipinski definition) is 0. The van der Waals surface area contributed by atoms with Crippen LogP contribution in [0.15, 0.2) is 92.5 Å². The van der Waals surface area contributed by atoms with Crippen molar-refractivity contribution >= 4 is 27.7 Å². The Morgan fingerprint density at radius 2 is 1.57 bits per heavy atom. The van der Waals surface area contributed by atoms with E-state index in [9.17, 15) is 9.59 Å². The molecule has 0 fully saturated rings. The van der Waals surface area contributed by atoms with Crippen LogP contribution in [0.5, 0.6) is 0 Å². The molecule has 4 nitrogen and oxygen atoms in total. The van der Waals surface area contributed by atoms with Gasteiger partial charge < -0.3 is 8.83 Å². The summed E-state index contributed by atoms with van der Waals surface area (Å²) < 4.78 is 11.7. The van der Waals surface area contributed by atoms with Crippen molar-refractivity contribution in [1.82, 2.24) is 0 Å². The van der Waals surface area contributed by atoms with Gasteiger partial charge in [-0.1, -0.05) is 67.6 Å². The van der Waals surface area contributed by atoms with Gasteiger partial charge in [0.15, 0.2) is 5.76 Å². The van der Waals surface area contributed by atoms with Crippen LogP contribution in [-0.4, -0.2) is 5.78 Å². The second kappa shape index (κ2) is 7.16. The molecular weight excluding hydrogens is 376 g/mol. The maximum atomic E-state index is 13.4. The number of rotatable bonds is 4. The van der Waals surface area contributed by atoms with Crippen molar-refractivity contribution < 1.29 is 13.6 Å². The number of ketones is 1. The van der Waals surface area contributed by atoms with E-state index in [2.05, 4.69) is 0 Å². The highest BCUT2D eigenvalue weighted by Crippen LogP contribution is 2.40. The van der Waals surface area contributed by atoms with Crippen LogP contribution in [0, 0.1) is 0 Å². The van der Waals surface area contributed by atoms with Gasteiger partial charge in [0.25, 0.3) is 0 Å². The van der Waals surface area contributed by atoms with Gasteiger partial charge in [-0.05, 0) is 29.7 Å². The van der Waals surface area contributed by atoms with Crippen LogP contribution in [0.3, 0.4) is 0 Å². The lowest BCUT2D eigenvalue weighted by Crippen LogP contribution is -2.02. The minimum absolute atomic E-state index is 0.215. The zero-order valence-corrected chi connectivity index (χ0v) is 16.3. The molecule has 0 aliphatic heterocycles. The first-order valence-corrected chi connectivity index (χ1v) is 9.84. The molecule has 0 N–H and O–H groups in total. The summed E-state index contributed by atoms with van der Waals surface area (Å²) in [7, 11) is 0. The molecule has 0 saturated carbocycles. The van der Waals surface area contributed by atoms with Gasteiger partial charge in [-0.2, -0.15) is 0 Å². The fourth-order valence-corrected chi connectivity index (χ4v) is 3.92. The predicted molar refractivity (Wildman–Crippen MR) is 117 cm³/mol. The summed E-state index contributed by atoms with van der Waals surface area (Å²) in [5, 5.41) is 1.49. The van der Waals surface area contributed by atoms with Gasteiger partial charge >= 0.3 is 5.63 Å². The molecule has 146 valence electrons. The largest absolute Gasteiger partial charge is 0.452 e. The van der Waals surface area contributed by atoms with Crippen molar-refractivity contribution in [2.24, 2.45) is 0 Å². The van der Waals surface area contributed by atoms with E-state index in [0.717, 1.165) is 16.5 Å². The van der Waals surface area contributed by atoms with E-state index in [1.54, 1.807) is 12.1 Å². The number of furan rings is 1. The van der Waals surface area contributed by atoms with Gasteiger partial charge in [-0.3, -0.25) is 4.79 Å². The van der Waals surface area contributed by atoms with Crippen LogP contribution in [0.25, 0.3) is 33.1 Å². The van der Waals surface area contributed by atoms with Gasteiger partial charge in [-0.15, -0.1) is 0 Å². The molecule has 0 aliphatic carbocycles. The summed E-state index contributed by atoms with van der Waals surface area (Å²) in [6, 6.07) is 23.8. The molecule has 0 bridgehead atoms. The Balaban J connectivity index is 1.92. The van der Waals surface area contributed by atoms with Crippen LogP contribution in [0.1, 0.15) is 28.6 Å². The topological polar surface area (TPSA) is 60.4 Å². The predicted octanol–water partition coefficient (Wildman–Crippen LogP) is 6.00. The summed E-state index contributed by atoms with van der Waals surface area (Å²) in [5.74, 6) is 0.0206. The average Bonchev–Trinajstić information content (AvgIpc) is 3.19. The highest BCUT2D eigenvalue weighted by Gasteiger charge is 2.25. The standard InChI is InChI=1S/C26H18O4/c1-2-16-15-21(27)30-25-19(16)13-14-20-23(25)22(17-9-5-3-6-10-17)26(29-20)24(28)18-11-7-4-8-12-18/h3-15H,2H2,1H3. The number of carbonyl (C=O) groups excluding carboxylic acids is 1. The second-order valence-corrected chi connectivity index (χ2v) is 7.13. The van der Waals surface area contributed by atoms with Crippen molar-refractivity contribution in [3.05, 3.63) is 106 Å². The second-order valence-electron chi connectivity index (χ2n) is 7.13. The van der Waals surface area contributed by atoms with Crippen LogP contribution in [0.2, 0.25) is 0 Å². The van der Waals surface area contributed by atoms with Crippen LogP contribution >= 0.6 is 0 Å². The molecule has 0 aliphatic rings. The molecule has 0 saturated heterocycles. The Bertz CT molecular complexity index is 1440. The van der Waals surface area contributed by atoms with Crippen molar-refractivity contribution in [3.8, 4) is 11.1 Å². The zero-order valence-electron chi connectivity index (χ0n) is 16.3. The monoisotopic (exact) mass is 394 g/mol. The highest BCUT2D eigenvalue weighted by molar-refractivity contribution is 6.20. The average molecular weight is 394 g/mol. The third kappa shape index (κ3) is 2.85. The first kappa shape index (κ1) is 18.1. The summed E-state index contributed by atoms with van der Waals surface area (Å²) in [4.78, 5) is 25.6. The molecule has 4 heteroatoms. The van der Waals surface area contributed by atoms with Crippen LogP contribution in [-0.2, 0) is 6.42 Å². The minimum atomic E-state index is -0.414. The molecular formula is C26H18O4. The number of aryl methyl sites for hydroxylation is 1. The van der Waals surface area contributed by atoms with Gasteiger partial charge in [0.1, 0.15) is 11.2 Å². The van der Waals surface area contributed by atoms with E-state index in [0.29, 0.717) is 34.1 Å². The number of hydrogen-bond acceptors (Lipinski definition) is 4. The fourth-order valence-electron chi connectivity index (χ4n) is 3.92. The third-order valence-electron chi connectivity index (χ3n) is 5.33. The lowest BCUT2D eigenvalue weighted by atomic mass is 9.96. The van der Waals surface area contributed by atoms with E-state index in [1.165, 1.54) is 6.07 Å². The van der Waals surface area contributed by atoms with Crippen LogP contribution in [0.4, 0.5) is 0 Å². The first-order valence-electron chi connectivity index (χ1n) is 9.84. The maximum absolute atomic E-state index is 13.4. The molecule has 2 heterocycles. The van der Waals surface area contributed by atoms with Crippen molar-refractivity contribution in [1.29, 1.82) is 0 Å². The van der Waals surface area contributed by atoms with Crippen molar-refractivity contribution in [2.45, 2.75) is 13.3 Å². The molecule has 30 heavy (non-hydrogen) atoms. The molecule has 5 rings (SSSR count). The first-order chi connectivity index (χ1) is 14.7. The van der Waals surface area contributed by atoms with E-state index in [4.69, 9.17) is 8.83 Å². The Hall–Kier alpha value is -3.92. The number of carbonyl (C=O) groups is 1. The maximum Gasteiger partial charge on any atom is 0.336 e. The summed E-state index contributed by atoms with van der Waals surface area (Å²) in [6.07, 6.45) is 0.696. The molecule has 3 aromatic carbocycles. The van der Waals surface area contributed by atoms with E-state index >= 15 is 0 Å². The van der Waals surface area contributed by atoms with Gasteiger partial charge in [0.2, 0.25) is 5.78 Å². The van der Waals surface area contributed by atoms with Gasteiger partial charge in [-0.25, -0.2) is 4.79 Å². The highest BCUT2D eigenvalue weighted by atomic mass is 16.4. The Morgan fingerprint density at radius 1 is 0.867 bits per heavy atom. The van der Waals surface area contributed by atoms with Crippen molar-refractivity contribution in [2.75, 3.05) is 0 Å². The fraction of sp³-hybridized carbons (Fsp3) is 0.0769. The molecule has 0 radical (unpaired) electrons. The molecule has 0 atom stereocenters. The Kier molecular flexibility index (Phi) is 4.32. The molecule has 0 spiro atoms. The van der Waals surface area contributed by atoms with Gasteiger partial charge in [0, 0.05) is 22.6 Å². The van der Waals surface area contributed by atoms with E-state index < -0.39 is 5.63 Å². The SMILES string of the molecule is CCc1cc(=O)oc2c1ccc1oc(C(=O)c3ccccc3)c(-c3ccccc3)c12. The molecule has 2 aromatic heterocycles. The lowest BCUT2D eigenvalue weighted by molar-refractivity contribution is 0.101. The van der Waals surface area contributed by atoms with Crippen LogP contribution < -0.4 is 5.63 Å². The summed E-state index contributed by atoms with van der Waals surface area (Å²) >= 11 is 0. The summed E-state index contributed by atoms with van der Waals surface area (Å²) in [5.41, 5.74) is 3.45. The lowest BCUT2D eigenvalue weighted by Gasteiger charge is -2.06. The Morgan fingerprint density at radius 3 is 2.27 bits per heavy atom. The normalized spacial score (nSPS) is 11.2. The third-order valence-corrected chi connectivity index (χ3v) is 5.33. The number of benzene rings is 3. The minimum Gasteiger partial charge on any atom is -0.452 e. The molecule has 0 unspecified atom stereocenters. The Labute approximate surface area is 172 Å². The molecule has 5 aromatic rings.